The number of carboxylic acid groups (broad SMARTS) is 1. The number of furan rings is 1. The summed E-state index contributed by atoms with van der Waals surface area (Å²) in [5.41, 5.74) is -0.600. The number of aliphatic hydroxyl groups is 1. The van der Waals surface area contributed by atoms with Gasteiger partial charge in [-0.1, -0.05) is 18.2 Å². The Hall–Kier alpha value is -2.48. The van der Waals surface area contributed by atoms with E-state index in [-0.39, 0.29) is 16.9 Å². The first-order valence-electron chi connectivity index (χ1n) is 5.63. The van der Waals surface area contributed by atoms with Crippen LogP contribution in [-0.4, -0.2) is 22.5 Å². The fourth-order valence-corrected chi connectivity index (χ4v) is 1.77. The molecule has 1 aromatic heterocycles. The molecule has 0 aliphatic heterocycles. The molecule has 0 saturated carbocycles. The summed E-state index contributed by atoms with van der Waals surface area (Å²) in [4.78, 5) is 11.0. The van der Waals surface area contributed by atoms with Crippen molar-refractivity contribution >= 4 is 5.97 Å². The number of carboxylic acids is 1. The van der Waals surface area contributed by atoms with Crippen molar-refractivity contribution in [2.45, 2.75) is 12.5 Å². The Morgan fingerprint density at radius 1 is 1.24 bits per heavy atom. The third-order valence-electron chi connectivity index (χ3n) is 2.61. The zero-order chi connectivity index (χ0) is 15.6. The zero-order valence-electron chi connectivity index (χ0n) is 10.3. The van der Waals surface area contributed by atoms with Crippen LogP contribution in [0.15, 0.2) is 41.0 Å². The number of alkyl halides is 3. The molecule has 0 saturated heterocycles. The largest absolute Gasteiger partial charge is 0.573 e. The van der Waals surface area contributed by atoms with Gasteiger partial charge in [0.2, 0.25) is 0 Å². The molecule has 0 aliphatic carbocycles. The summed E-state index contributed by atoms with van der Waals surface area (Å²) in [6.07, 6.45) is -5.62. The van der Waals surface area contributed by atoms with E-state index in [0.717, 1.165) is 18.4 Å². The second-order valence-corrected chi connectivity index (χ2v) is 3.99. The smallest absolute Gasteiger partial charge is 0.478 e. The molecule has 0 fully saturated rings. The molecule has 0 radical (unpaired) electrons. The Balaban J connectivity index is 2.42. The normalized spacial score (nSPS) is 13.0. The minimum Gasteiger partial charge on any atom is -0.478 e. The van der Waals surface area contributed by atoms with Crippen LogP contribution in [0.25, 0.3) is 0 Å². The molecule has 8 heteroatoms. The highest BCUT2D eigenvalue weighted by Gasteiger charge is 2.34. The molecule has 2 rings (SSSR count). The fraction of sp³-hybridized carbons (Fsp3) is 0.154. The fourth-order valence-electron chi connectivity index (χ4n) is 1.77. The van der Waals surface area contributed by atoms with Gasteiger partial charge in [0.1, 0.15) is 17.4 Å². The molecule has 1 aromatic carbocycles. The van der Waals surface area contributed by atoms with Gasteiger partial charge in [0.15, 0.2) is 5.76 Å². The van der Waals surface area contributed by atoms with E-state index in [1.807, 2.05) is 0 Å². The molecule has 0 bridgehead atoms. The van der Waals surface area contributed by atoms with Gasteiger partial charge < -0.3 is 19.4 Å². The predicted molar refractivity (Wildman–Crippen MR) is 62.9 cm³/mol. The number of hydrogen-bond donors (Lipinski definition) is 2. The third-order valence-corrected chi connectivity index (χ3v) is 2.61. The summed E-state index contributed by atoms with van der Waals surface area (Å²) in [6, 6.07) is 5.95. The average molecular weight is 302 g/mol. The van der Waals surface area contributed by atoms with Crippen LogP contribution in [0.1, 0.15) is 27.8 Å². The topological polar surface area (TPSA) is 79.9 Å². The maximum atomic E-state index is 12.3. The van der Waals surface area contributed by atoms with E-state index in [1.54, 1.807) is 0 Å². The van der Waals surface area contributed by atoms with Crippen molar-refractivity contribution in [3.05, 3.63) is 53.5 Å². The Morgan fingerprint density at radius 2 is 1.90 bits per heavy atom. The SMILES string of the molecule is O=C(O)c1ccoc1C(O)c1ccccc1OC(F)(F)F. The van der Waals surface area contributed by atoms with Crippen molar-refractivity contribution in [3.8, 4) is 5.75 Å². The average Bonchev–Trinajstić information content (AvgIpc) is 2.86. The van der Waals surface area contributed by atoms with Crippen LogP contribution in [0.4, 0.5) is 13.2 Å². The molecule has 5 nitrogen and oxygen atoms in total. The lowest BCUT2D eigenvalue weighted by Gasteiger charge is -2.16. The second kappa shape index (κ2) is 5.49. The summed E-state index contributed by atoms with van der Waals surface area (Å²) in [5, 5.41) is 19.0. The summed E-state index contributed by atoms with van der Waals surface area (Å²) >= 11 is 0. The Kier molecular flexibility index (Phi) is 3.90. The van der Waals surface area contributed by atoms with Crippen LogP contribution in [-0.2, 0) is 0 Å². The number of rotatable bonds is 4. The van der Waals surface area contributed by atoms with E-state index in [9.17, 15) is 23.1 Å². The number of para-hydroxylation sites is 1. The molecule has 21 heavy (non-hydrogen) atoms. The number of aliphatic hydroxyl groups excluding tert-OH is 1. The highest BCUT2D eigenvalue weighted by atomic mass is 19.4. The number of benzene rings is 1. The summed E-state index contributed by atoms with van der Waals surface area (Å²) < 4.78 is 45.6. The maximum Gasteiger partial charge on any atom is 0.573 e. The highest BCUT2D eigenvalue weighted by Crippen LogP contribution is 2.34. The van der Waals surface area contributed by atoms with E-state index >= 15 is 0 Å². The Morgan fingerprint density at radius 3 is 2.52 bits per heavy atom. The van der Waals surface area contributed by atoms with Crippen LogP contribution >= 0.6 is 0 Å². The van der Waals surface area contributed by atoms with Crippen LogP contribution < -0.4 is 4.74 Å². The van der Waals surface area contributed by atoms with Gasteiger partial charge in [-0.25, -0.2) is 4.79 Å². The number of ether oxygens (including phenoxy) is 1. The number of carbonyl (C=O) groups is 1. The summed E-state index contributed by atoms with van der Waals surface area (Å²) in [7, 11) is 0. The van der Waals surface area contributed by atoms with Gasteiger partial charge >= 0.3 is 12.3 Å². The van der Waals surface area contributed by atoms with Gasteiger partial charge in [0.25, 0.3) is 0 Å². The summed E-state index contributed by atoms with van der Waals surface area (Å²) in [5.74, 6) is -2.38. The molecular formula is C13H9F3O5. The molecule has 1 atom stereocenters. The van der Waals surface area contributed by atoms with Crippen molar-refractivity contribution < 1.29 is 37.3 Å². The lowest BCUT2D eigenvalue weighted by molar-refractivity contribution is -0.275. The van der Waals surface area contributed by atoms with Crippen LogP contribution in [0.3, 0.4) is 0 Å². The highest BCUT2D eigenvalue weighted by molar-refractivity contribution is 5.89. The van der Waals surface area contributed by atoms with Crippen molar-refractivity contribution in [2.75, 3.05) is 0 Å². The van der Waals surface area contributed by atoms with Gasteiger partial charge in [0, 0.05) is 5.56 Å². The van der Waals surface area contributed by atoms with Crippen molar-refractivity contribution in [1.82, 2.24) is 0 Å². The molecule has 1 unspecified atom stereocenters. The first-order chi connectivity index (χ1) is 9.79. The minimum atomic E-state index is -4.94. The molecule has 112 valence electrons. The first kappa shape index (κ1) is 14.9. The Bertz CT molecular complexity index is 647. The van der Waals surface area contributed by atoms with Crippen LogP contribution in [0, 0.1) is 0 Å². The molecule has 1 heterocycles. The standard InChI is InChI=1S/C13H9F3O5/c14-13(15,16)21-9-4-2-1-3-7(9)10(17)11-8(12(18)19)5-6-20-11/h1-6,10,17H,(H,18,19). The number of hydrogen-bond acceptors (Lipinski definition) is 4. The van der Waals surface area contributed by atoms with E-state index in [1.165, 1.54) is 18.2 Å². The first-order valence-corrected chi connectivity index (χ1v) is 5.63. The molecule has 2 N–H and O–H groups in total. The molecule has 0 aliphatic rings. The van der Waals surface area contributed by atoms with Crippen molar-refractivity contribution in [2.24, 2.45) is 0 Å². The van der Waals surface area contributed by atoms with E-state index in [2.05, 4.69) is 4.74 Å². The molecular weight excluding hydrogens is 293 g/mol. The molecule has 0 spiro atoms. The van der Waals surface area contributed by atoms with Crippen molar-refractivity contribution in [1.29, 1.82) is 0 Å². The maximum absolute atomic E-state index is 12.3. The minimum absolute atomic E-state index is 0.257. The van der Waals surface area contributed by atoms with Gasteiger partial charge in [-0.3, -0.25) is 0 Å². The van der Waals surface area contributed by atoms with E-state index in [4.69, 9.17) is 9.52 Å². The van der Waals surface area contributed by atoms with Gasteiger partial charge in [-0.05, 0) is 12.1 Å². The van der Waals surface area contributed by atoms with Gasteiger partial charge in [0.05, 0.1) is 6.26 Å². The van der Waals surface area contributed by atoms with Crippen LogP contribution in [0.5, 0.6) is 5.75 Å². The van der Waals surface area contributed by atoms with Gasteiger partial charge in [-0.2, -0.15) is 0 Å². The number of halogens is 3. The quantitative estimate of drug-likeness (QED) is 0.907. The molecule has 2 aromatic rings. The summed E-state index contributed by atoms with van der Waals surface area (Å²) in [6.45, 7) is 0. The lowest BCUT2D eigenvalue weighted by Crippen LogP contribution is -2.19. The molecule has 0 amide bonds. The zero-order valence-corrected chi connectivity index (χ0v) is 10.3. The van der Waals surface area contributed by atoms with Crippen LogP contribution in [0.2, 0.25) is 0 Å². The Labute approximate surface area is 116 Å². The van der Waals surface area contributed by atoms with Gasteiger partial charge in [-0.15, -0.1) is 13.2 Å². The monoisotopic (exact) mass is 302 g/mol. The second-order valence-electron chi connectivity index (χ2n) is 3.99. The third kappa shape index (κ3) is 3.34. The van der Waals surface area contributed by atoms with E-state index in [0.29, 0.717) is 0 Å². The van der Waals surface area contributed by atoms with Crippen molar-refractivity contribution in [3.63, 3.8) is 0 Å². The predicted octanol–water partition coefficient (Wildman–Crippen LogP) is 2.96. The lowest BCUT2D eigenvalue weighted by atomic mass is 10.0. The number of aromatic carboxylic acids is 1. The van der Waals surface area contributed by atoms with E-state index < -0.39 is 24.2 Å².